The van der Waals surface area contributed by atoms with Gasteiger partial charge in [0.2, 0.25) is 0 Å². The van der Waals surface area contributed by atoms with Gasteiger partial charge in [-0.1, -0.05) is 29.8 Å². The molecule has 1 aromatic rings. The third-order valence-electron chi connectivity index (χ3n) is 6.30. The second-order valence-corrected chi connectivity index (χ2v) is 8.50. The average molecular weight is 417 g/mol. The van der Waals surface area contributed by atoms with Crippen LogP contribution >= 0.6 is 0 Å². The van der Waals surface area contributed by atoms with Crippen molar-refractivity contribution < 1.29 is 9.47 Å². The van der Waals surface area contributed by atoms with Gasteiger partial charge in [-0.25, -0.2) is 0 Å². The summed E-state index contributed by atoms with van der Waals surface area (Å²) in [4.78, 5) is 9.58. The Labute approximate surface area is 182 Å². The molecule has 1 atom stereocenters. The highest BCUT2D eigenvalue weighted by Gasteiger charge is 2.26. The van der Waals surface area contributed by atoms with Crippen LogP contribution in [0.3, 0.4) is 0 Å². The van der Waals surface area contributed by atoms with E-state index >= 15 is 0 Å². The Hall–Kier alpha value is -1.63. The van der Waals surface area contributed by atoms with Crippen molar-refractivity contribution in [3.63, 3.8) is 0 Å². The van der Waals surface area contributed by atoms with Crippen molar-refractivity contribution in [2.75, 3.05) is 60.1 Å². The molecule has 2 aliphatic heterocycles. The number of piperidine rings is 1. The molecule has 6 nitrogen and oxygen atoms in total. The summed E-state index contributed by atoms with van der Waals surface area (Å²) in [7, 11) is 3.64. The highest BCUT2D eigenvalue weighted by molar-refractivity contribution is 5.80. The van der Waals surface area contributed by atoms with Gasteiger partial charge in [-0.05, 0) is 57.7 Å². The molecule has 2 aliphatic rings. The molecule has 0 aliphatic carbocycles. The molecule has 1 unspecified atom stereocenters. The molecule has 1 N–H and O–H groups in total. The highest BCUT2D eigenvalue weighted by Crippen LogP contribution is 2.25. The normalized spacial score (nSPS) is 20.0. The van der Waals surface area contributed by atoms with Crippen molar-refractivity contribution >= 4 is 5.96 Å². The zero-order chi connectivity index (χ0) is 21.2. The lowest BCUT2D eigenvalue weighted by molar-refractivity contribution is 0.00986. The Morgan fingerprint density at radius 2 is 1.80 bits per heavy atom. The van der Waals surface area contributed by atoms with E-state index in [1.807, 2.05) is 7.05 Å². The second kappa shape index (κ2) is 12.3. The van der Waals surface area contributed by atoms with Gasteiger partial charge >= 0.3 is 0 Å². The van der Waals surface area contributed by atoms with Crippen molar-refractivity contribution in [2.45, 2.75) is 51.2 Å². The summed E-state index contributed by atoms with van der Waals surface area (Å²) in [5.74, 6) is 1.02. The molecule has 0 saturated carbocycles. The number of likely N-dealkylation sites (tertiary alicyclic amines) is 2. The van der Waals surface area contributed by atoms with E-state index in [0.717, 1.165) is 58.1 Å². The van der Waals surface area contributed by atoms with Crippen molar-refractivity contribution in [3.05, 3.63) is 35.4 Å². The van der Waals surface area contributed by atoms with E-state index in [2.05, 4.69) is 51.3 Å². The first-order valence-corrected chi connectivity index (χ1v) is 11.6. The van der Waals surface area contributed by atoms with E-state index in [0.29, 0.717) is 12.1 Å². The van der Waals surface area contributed by atoms with Gasteiger partial charge in [-0.3, -0.25) is 9.89 Å². The van der Waals surface area contributed by atoms with Crippen molar-refractivity contribution in [3.8, 4) is 0 Å². The van der Waals surface area contributed by atoms with E-state index < -0.39 is 0 Å². The first-order valence-electron chi connectivity index (χ1n) is 11.6. The Morgan fingerprint density at radius 1 is 1.10 bits per heavy atom. The smallest absolute Gasteiger partial charge is 0.193 e. The van der Waals surface area contributed by atoms with Crippen molar-refractivity contribution in [1.82, 2.24) is 15.1 Å². The van der Waals surface area contributed by atoms with E-state index in [1.165, 1.54) is 37.1 Å². The first kappa shape index (κ1) is 23.0. The minimum atomic E-state index is 0.362. The van der Waals surface area contributed by atoms with Crippen molar-refractivity contribution in [2.24, 2.45) is 4.99 Å². The number of nitrogens with zero attached hydrogens (tertiary/aromatic N) is 3. The molecule has 2 heterocycles. The van der Waals surface area contributed by atoms with E-state index in [1.54, 1.807) is 7.11 Å². The number of methoxy groups -OCH3 is 1. The standard InChI is InChI=1S/C24H40N4O2/c1-20-7-9-21(10-8-20)23(27-13-4-5-14-27)19-26-24(25-2)28-15-11-22(12-16-28)30-18-6-17-29-3/h7-10,22-23H,4-6,11-19H2,1-3H3,(H,25,26). The zero-order valence-corrected chi connectivity index (χ0v) is 19.1. The third-order valence-corrected chi connectivity index (χ3v) is 6.30. The molecule has 2 saturated heterocycles. The first-order chi connectivity index (χ1) is 14.7. The predicted molar refractivity (Wildman–Crippen MR) is 123 cm³/mol. The Balaban J connectivity index is 1.51. The fraction of sp³-hybridized carbons (Fsp3) is 0.708. The molecule has 30 heavy (non-hydrogen) atoms. The lowest BCUT2D eigenvalue weighted by Crippen LogP contribution is -2.49. The summed E-state index contributed by atoms with van der Waals surface area (Å²) < 4.78 is 11.1. The number of rotatable bonds is 9. The summed E-state index contributed by atoms with van der Waals surface area (Å²) >= 11 is 0. The zero-order valence-electron chi connectivity index (χ0n) is 19.1. The number of aliphatic imine (C=N–C) groups is 1. The average Bonchev–Trinajstić information content (AvgIpc) is 3.30. The summed E-state index contributed by atoms with van der Waals surface area (Å²) in [6.45, 7) is 8.97. The van der Waals surface area contributed by atoms with Crippen LogP contribution in [0, 0.1) is 6.92 Å². The molecular weight excluding hydrogens is 376 g/mol. The van der Waals surface area contributed by atoms with Gasteiger partial charge in [-0.2, -0.15) is 0 Å². The highest BCUT2D eigenvalue weighted by atomic mass is 16.5. The van der Waals surface area contributed by atoms with E-state index in [9.17, 15) is 0 Å². The third kappa shape index (κ3) is 6.69. The molecule has 0 radical (unpaired) electrons. The molecule has 0 spiro atoms. The summed E-state index contributed by atoms with van der Waals surface area (Å²) in [6.07, 6.45) is 6.05. The Bertz CT molecular complexity index is 635. The monoisotopic (exact) mass is 416 g/mol. The maximum atomic E-state index is 6.01. The summed E-state index contributed by atoms with van der Waals surface area (Å²) in [5.41, 5.74) is 2.71. The Kier molecular flexibility index (Phi) is 9.43. The number of hydrogen-bond donors (Lipinski definition) is 1. The molecule has 1 aromatic carbocycles. The van der Waals surface area contributed by atoms with Crippen LogP contribution < -0.4 is 5.32 Å². The maximum absolute atomic E-state index is 6.01. The van der Waals surface area contributed by atoms with Crippen LogP contribution in [0.4, 0.5) is 0 Å². The van der Waals surface area contributed by atoms with Gasteiger partial charge < -0.3 is 19.7 Å². The van der Waals surface area contributed by atoms with Gasteiger partial charge in [0.25, 0.3) is 0 Å². The van der Waals surface area contributed by atoms with Crippen LogP contribution in [0.1, 0.15) is 49.3 Å². The minimum Gasteiger partial charge on any atom is -0.385 e. The number of hydrogen-bond acceptors (Lipinski definition) is 4. The van der Waals surface area contributed by atoms with E-state index in [-0.39, 0.29) is 0 Å². The van der Waals surface area contributed by atoms with Crippen LogP contribution in [0.15, 0.2) is 29.3 Å². The molecule has 0 amide bonds. The number of ether oxygens (including phenoxy) is 2. The molecule has 0 bridgehead atoms. The number of nitrogens with one attached hydrogen (secondary N) is 1. The molecule has 6 heteroatoms. The van der Waals surface area contributed by atoms with Crippen LogP contribution in [0.25, 0.3) is 0 Å². The topological polar surface area (TPSA) is 49.3 Å². The molecule has 0 aromatic heterocycles. The van der Waals surface area contributed by atoms with Crippen LogP contribution in [-0.4, -0.2) is 82.0 Å². The van der Waals surface area contributed by atoms with Crippen LogP contribution in [0.5, 0.6) is 0 Å². The van der Waals surface area contributed by atoms with Crippen LogP contribution in [-0.2, 0) is 9.47 Å². The summed E-state index contributed by atoms with van der Waals surface area (Å²) in [5, 5.41) is 3.68. The predicted octanol–water partition coefficient (Wildman–Crippen LogP) is 3.22. The molecular formula is C24H40N4O2. The largest absolute Gasteiger partial charge is 0.385 e. The lowest BCUT2D eigenvalue weighted by atomic mass is 10.0. The number of aryl methyl sites for hydroxylation is 1. The molecule has 168 valence electrons. The number of benzene rings is 1. The van der Waals surface area contributed by atoms with Crippen LogP contribution in [0.2, 0.25) is 0 Å². The van der Waals surface area contributed by atoms with Gasteiger partial charge in [0.05, 0.1) is 12.1 Å². The molecule has 2 fully saturated rings. The van der Waals surface area contributed by atoms with Gasteiger partial charge in [0.15, 0.2) is 5.96 Å². The van der Waals surface area contributed by atoms with E-state index in [4.69, 9.17) is 9.47 Å². The minimum absolute atomic E-state index is 0.362. The Morgan fingerprint density at radius 3 is 2.43 bits per heavy atom. The number of guanidine groups is 1. The fourth-order valence-corrected chi connectivity index (χ4v) is 4.51. The van der Waals surface area contributed by atoms with Gasteiger partial charge in [0.1, 0.15) is 0 Å². The molecule has 3 rings (SSSR count). The fourth-order valence-electron chi connectivity index (χ4n) is 4.51. The summed E-state index contributed by atoms with van der Waals surface area (Å²) in [6, 6.07) is 9.42. The van der Waals surface area contributed by atoms with Crippen molar-refractivity contribution in [1.29, 1.82) is 0 Å². The second-order valence-electron chi connectivity index (χ2n) is 8.50. The SMILES string of the molecule is CN=C(NCC(c1ccc(C)cc1)N1CCCC1)N1CCC(OCCCOC)CC1. The maximum Gasteiger partial charge on any atom is 0.193 e. The van der Waals surface area contributed by atoms with Gasteiger partial charge in [-0.15, -0.1) is 0 Å². The lowest BCUT2D eigenvalue weighted by Gasteiger charge is -2.35. The quantitative estimate of drug-likeness (QED) is 0.381. The van der Waals surface area contributed by atoms with Gasteiger partial charge in [0, 0.05) is 47.0 Å².